The Balaban J connectivity index is 2.05. The molecule has 1 aromatic rings. The van der Waals surface area contributed by atoms with E-state index in [0.717, 1.165) is 5.57 Å². The molecule has 82 valence electrons. The third kappa shape index (κ3) is 2.92. The Hall–Kier alpha value is -1.64. The molecule has 0 heterocycles. The number of benzene rings is 1. The molecule has 4 N–H and O–H groups in total. The topological polar surface area (TPSA) is 52.0 Å². The largest absolute Gasteiger partial charge is 0.310 e. The van der Waals surface area contributed by atoms with Gasteiger partial charge in [-0.3, -0.25) is 0 Å². The molecule has 0 aromatic heterocycles. The van der Waals surface area contributed by atoms with Crippen LogP contribution in [0.3, 0.4) is 0 Å². The van der Waals surface area contributed by atoms with Crippen molar-refractivity contribution in [3.8, 4) is 0 Å². The molecule has 2 rings (SSSR count). The minimum Gasteiger partial charge on any atom is -0.310 e. The molecule has 1 aromatic carbocycles. The first-order chi connectivity index (χ1) is 7.66. The highest BCUT2D eigenvalue weighted by atomic mass is 14.9. The van der Waals surface area contributed by atoms with Crippen molar-refractivity contribution in [2.24, 2.45) is 11.5 Å². The van der Waals surface area contributed by atoms with Crippen molar-refractivity contribution in [1.82, 2.24) is 0 Å². The SMILES string of the molecule is NC1(N)C=CC(/C=C/c2ccccc2)=CC1. The van der Waals surface area contributed by atoms with E-state index in [9.17, 15) is 0 Å². The van der Waals surface area contributed by atoms with E-state index < -0.39 is 5.66 Å². The number of hydrogen-bond acceptors (Lipinski definition) is 2. The van der Waals surface area contributed by atoms with E-state index in [0.29, 0.717) is 6.42 Å². The second-order valence-electron chi connectivity index (χ2n) is 4.10. The third-order valence-electron chi connectivity index (χ3n) is 2.55. The van der Waals surface area contributed by atoms with E-state index >= 15 is 0 Å². The van der Waals surface area contributed by atoms with Crippen LogP contribution >= 0.6 is 0 Å². The molecule has 0 radical (unpaired) electrons. The lowest BCUT2D eigenvalue weighted by molar-refractivity contribution is 0.555. The predicted octanol–water partition coefficient (Wildman–Crippen LogP) is 2.20. The minimum atomic E-state index is -0.677. The standard InChI is InChI=1S/C14H16N2/c15-14(16)10-8-13(9-11-14)7-6-12-4-2-1-3-5-12/h1-10H,11,15-16H2/b7-6+. The van der Waals surface area contributed by atoms with Crippen LogP contribution in [0, 0.1) is 0 Å². The highest BCUT2D eigenvalue weighted by Gasteiger charge is 2.15. The predicted molar refractivity (Wildman–Crippen MR) is 68.4 cm³/mol. The summed E-state index contributed by atoms with van der Waals surface area (Å²) in [4.78, 5) is 0. The van der Waals surface area contributed by atoms with Crippen LogP contribution in [0.4, 0.5) is 0 Å². The van der Waals surface area contributed by atoms with Crippen molar-refractivity contribution in [2.45, 2.75) is 12.1 Å². The maximum absolute atomic E-state index is 5.77. The lowest BCUT2D eigenvalue weighted by Crippen LogP contribution is -2.47. The Morgan fingerprint density at radius 2 is 1.81 bits per heavy atom. The summed E-state index contributed by atoms with van der Waals surface area (Å²) in [5.41, 5.74) is 13.2. The molecule has 0 saturated carbocycles. The second kappa shape index (κ2) is 4.47. The Labute approximate surface area is 96.0 Å². The van der Waals surface area contributed by atoms with Crippen LogP contribution in [0.25, 0.3) is 6.08 Å². The van der Waals surface area contributed by atoms with E-state index in [1.807, 2.05) is 30.4 Å². The van der Waals surface area contributed by atoms with Crippen molar-refractivity contribution in [3.05, 3.63) is 65.8 Å². The summed E-state index contributed by atoms with van der Waals surface area (Å²) in [7, 11) is 0. The number of nitrogens with two attached hydrogens (primary N) is 2. The van der Waals surface area contributed by atoms with Crippen LogP contribution in [0.5, 0.6) is 0 Å². The summed E-state index contributed by atoms with van der Waals surface area (Å²) in [6, 6.07) is 10.2. The first kappa shape index (κ1) is 10.9. The van der Waals surface area contributed by atoms with E-state index in [4.69, 9.17) is 11.5 Å². The fraction of sp³-hybridized carbons (Fsp3) is 0.143. The van der Waals surface area contributed by atoms with Crippen LogP contribution < -0.4 is 11.5 Å². The highest BCUT2D eigenvalue weighted by molar-refractivity contribution is 5.55. The van der Waals surface area contributed by atoms with Crippen LogP contribution in [0.2, 0.25) is 0 Å². The zero-order valence-corrected chi connectivity index (χ0v) is 9.14. The van der Waals surface area contributed by atoms with E-state index in [1.165, 1.54) is 5.56 Å². The molecule has 0 spiro atoms. The molecule has 0 unspecified atom stereocenters. The van der Waals surface area contributed by atoms with Gasteiger partial charge < -0.3 is 11.5 Å². The van der Waals surface area contributed by atoms with Gasteiger partial charge in [-0.15, -0.1) is 0 Å². The molecule has 16 heavy (non-hydrogen) atoms. The molecular formula is C14H16N2. The smallest absolute Gasteiger partial charge is 0.0867 e. The van der Waals surface area contributed by atoms with E-state index in [2.05, 4.69) is 30.4 Å². The Morgan fingerprint density at radius 1 is 1.06 bits per heavy atom. The summed E-state index contributed by atoms with van der Waals surface area (Å²) >= 11 is 0. The second-order valence-corrected chi connectivity index (χ2v) is 4.10. The lowest BCUT2D eigenvalue weighted by atomic mass is 9.98. The first-order valence-electron chi connectivity index (χ1n) is 5.36. The van der Waals surface area contributed by atoms with Crippen LogP contribution in [-0.2, 0) is 0 Å². The fourth-order valence-corrected chi connectivity index (χ4v) is 1.56. The van der Waals surface area contributed by atoms with Gasteiger partial charge in [-0.25, -0.2) is 0 Å². The highest BCUT2D eigenvalue weighted by Crippen LogP contribution is 2.16. The van der Waals surface area contributed by atoms with E-state index in [1.54, 1.807) is 0 Å². The molecule has 0 fully saturated rings. The number of allylic oxidation sites excluding steroid dienone is 3. The van der Waals surface area contributed by atoms with Crippen molar-refractivity contribution >= 4 is 6.08 Å². The Bertz CT molecular complexity index is 439. The molecule has 0 atom stereocenters. The Kier molecular flexibility index (Phi) is 3.04. The van der Waals surface area contributed by atoms with Gasteiger partial charge in [0.2, 0.25) is 0 Å². The molecule has 0 bridgehead atoms. The maximum Gasteiger partial charge on any atom is 0.0867 e. The molecule has 1 aliphatic carbocycles. The monoisotopic (exact) mass is 212 g/mol. The van der Waals surface area contributed by atoms with Gasteiger partial charge in [-0.2, -0.15) is 0 Å². The molecule has 0 saturated heterocycles. The summed E-state index contributed by atoms with van der Waals surface area (Å²) < 4.78 is 0. The van der Waals surface area contributed by atoms with Crippen LogP contribution in [0.15, 0.2) is 60.2 Å². The normalized spacial score (nSPS) is 18.8. The van der Waals surface area contributed by atoms with Gasteiger partial charge in [0.15, 0.2) is 0 Å². The quantitative estimate of drug-likeness (QED) is 0.738. The zero-order valence-electron chi connectivity index (χ0n) is 9.14. The molecule has 1 aliphatic rings. The van der Waals surface area contributed by atoms with Gasteiger partial charge in [0.25, 0.3) is 0 Å². The van der Waals surface area contributed by atoms with Gasteiger partial charge in [0, 0.05) is 6.42 Å². The van der Waals surface area contributed by atoms with Crippen molar-refractivity contribution in [3.63, 3.8) is 0 Å². The van der Waals surface area contributed by atoms with Gasteiger partial charge in [0.05, 0.1) is 5.66 Å². The van der Waals surface area contributed by atoms with Gasteiger partial charge in [-0.1, -0.05) is 54.6 Å². The number of rotatable bonds is 2. The van der Waals surface area contributed by atoms with Gasteiger partial charge in [-0.05, 0) is 17.2 Å². The molecule has 0 amide bonds. The van der Waals surface area contributed by atoms with Crippen LogP contribution in [0.1, 0.15) is 12.0 Å². The average molecular weight is 212 g/mol. The number of hydrogen-bond donors (Lipinski definition) is 2. The summed E-state index contributed by atoms with van der Waals surface area (Å²) in [6.45, 7) is 0. The summed E-state index contributed by atoms with van der Waals surface area (Å²) in [5.74, 6) is 0. The van der Waals surface area contributed by atoms with Gasteiger partial charge in [0.1, 0.15) is 0 Å². The van der Waals surface area contributed by atoms with Crippen molar-refractivity contribution in [1.29, 1.82) is 0 Å². The maximum atomic E-state index is 5.77. The van der Waals surface area contributed by atoms with Gasteiger partial charge >= 0.3 is 0 Å². The van der Waals surface area contributed by atoms with Crippen molar-refractivity contribution < 1.29 is 0 Å². The molecule has 2 heteroatoms. The van der Waals surface area contributed by atoms with E-state index in [-0.39, 0.29) is 0 Å². The fourth-order valence-electron chi connectivity index (χ4n) is 1.56. The Morgan fingerprint density at radius 3 is 2.44 bits per heavy atom. The zero-order chi connectivity index (χ0) is 11.4. The minimum absolute atomic E-state index is 0.677. The molecule has 0 aliphatic heterocycles. The lowest BCUT2D eigenvalue weighted by Gasteiger charge is -2.21. The average Bonchev–Trinajstić information content (AvgIpc) is 2.29. The van der Waals surface area contributed by atoms with Crippen molar-refractivity contribution in [2.75, 3.05) is 0 Å². The molecular weight excluding hydrogens is 196 g/mol. The first-order valence-corrected chi connectivity index (χ1v) is 5.36. The summed E-state index contributed by atoms with van der Waals surface area (Å²) in [5, 5.41) is 0. The summed E-state index contributed by atoms with van der Waals surface area (Å²) in [6.07, 6.45) is 10.7. The third-order valence-corrected chi connectivity index (χ3v) is 2.55. The molecule has 2 nitrogen and oxygen atoms in total. The van der Waals surface area contributed by atoms with Crippen LogP contribution in [-0.4, -0.2) is 5.66 Å².